The lowest BCUT2D eigenvalue weighted by Gasteiger charge is -2.12. The third-order valence-electron chi connectivity index (χ3n) is 4.16. The molecule has 1 heterocycles. The fourth-order valence-corrected chi connectivity index (χ4v) is 2.74. The summed E-state index contributed by atoms with van der Waals surface area (Å²) in [7, 11) is 0. The Hall–Kier alpha value is -2.08. The van der Waals surface area contributed by atoms with E-state index in [9.17, 15) is 9.59 Å². The van der Waals surface area contributed by atoms with Crippen molar-refractivity contribution < 1.29 is 14.3 Å². The van der Waals surface area contributed by atoms with Crippen molar-refractivity contribution in [3.63, 3.8) is 0 Å². The average molecular weight is 347 g/mol. The van der Waals surface area contributed by atoms with Gasteiger partial charge >= 0.3 is 0 Å². The normalized spacial score (nSPS) is 16.4. The first kappa shape index (κ1) is 19.2. The number of nitrogens with one attached hydrogen (secondary N) is 3. The minimum absolute atomic E-state index is 0.0277. The molecule has 0 saturated carbocycles. The van der Waals surface area contributed by atoms with Crippen molar-refractivity contribution in [3.8, 4) is 0 Å². The quantitative estimate of drug-likeness (QED) is 0.569. The molecule has 1 unspecified atom stereocenters. The van der Waals surface area contributed by atoms with Crippen LogP contribution in [0.5, 0.6) is 0 Å². The van der Waals surface area contributed by atoms with Crippen LogP contribution in [0.1, 0.15) is 45.4 Å². The monoisotopic (exact) mass is 347 g/mol. The maximum absolute atomic E-state index is 11.9. The Morgan fingerprint density at radius 3 is 2.80 bits per heavy atom. The molecule has 6 heteroatoms. The molecule has 1 aliphatic heterocycles. The van der Waals surface area contributed by atoms with Gasteiger partial charge in [0.1, 0.15) is 0 Å². The highest BCUT2D eigenvalue weighted by Gasteiger charge is 2.15. The molecule has 0 aliphatic carbocycles. The van der Waals surface area contributed by atoms with E-state index in [0.29, 0.717) is 13.0 Å². The van der Waals surface area contributed by atoms with Gasteiger partial charge in [-0.05, 0) is 37.5 Å². The molecule has 1 aliphatic rings. The second-order valence-corrected chi connectivity index (χ2v) is 6.38. The number of hydrogen-bond acceptors (Lipinski definition) is 4. The van der Waals surface area contributed by atoms with E-state index in [1.807, 2.05) is 24.3 Å². The first-order valence-electron chi connectivity index (χ1n) is 9.19. The van der Waals surface area contributed by atoms with Gasteiger partial charge < -0.3 is 20.7 Å². The van der Waals surface area contributed by atoms with Gasteiger partial charge in [0, 0.05) is 30.9 Å². The Morgan fingerprint density at radius 2 is 2.04 bits per heavy atom. The lowest BCUT2D eigenvalue weighted by molar-refractivity contribution is -0.120. The van der Waals surface area contributed by atoms with Crippen molar-refractivity contribution >= 4 is 23.2 Å². The predicted octanol–water partition coefficient (Wildman–Crippen LogP) is 2.91. The molecule has 138 valence electrons. The van der Waals surface area contributed by atoms with Crippen molar-refractivity contribution in [3.05, 3.63) is 24.3 Å². The number of ether oxygens (including phenoxy) is 1. The summed E-state index contributed by atoms with van der Waals surface area (Å²) >= 11 is 0. The van der Waals surface area contributed by atoms with Crippen LogP contribution in [0.3, 0.4) is 0 Å². The molecule has 2 rings (SSSR count). The molecule has 1 atom stereocenters. The van der Waals surface area contributed by atoms with E-state index in [1.165, 1.54) is 0 Å². The van der Waals surface area contributed by atoms with Crippen LogP contribution in [0.4, 0.5) is 11.4 Å². The fourth-order valence-electron chi connectivity index (χ4n) is 2.74. The van der Waals surface area contributed by atoms with Gasteiger partial charge in [0.05, 0.1) is 12.6 Å². The fraction of sp³-hybridized carbons (Fsp3) is 0.579. The van der Waals surface area contributed by atoms with E-state index in [0.717, 1.165) is 50.1 Å². The summed E-state index contributed by atoms with van der Waals surface area (Å²) in [4.78, 5) is 23.8. The highest BCUT2D eigenvalue weighted by molar-refractivity contribution is 5.91. The maximum atomic E-state index is 11.9. The van der Waals surface area contributed by atoms with E-state index >= 15 is 0 Å². The number of rotatable bonds is 10. The highest BCUT2D eigenvalue weighted by atomic mass is 16.5. The zero-order valence-electron chi connectivity index (χ0n) is 15.0. The number of carbonyl (C=O) groups is 2. The first-order valence-corrected chi connectivity index (χ1v) is 9.19. The Balaban J connectivity index is 1.70. The van der Waals surface area contributed by atoms with Crippen LogP contribution in [0.2, 0.25) is 0 Å². The van der Waals surface area contributed by atoms with Crippen molar-refractivity contribution in [1.29, 1.82) is 0 Å². The molecule has 1 saturated heterocycles. The van der Waals surface area contributed by atoms with E-state index in [2.05, 4.69) is 22.9 Å². The molecule has 1 fully saturated rings. The van der Waals surface area contributed by atoms with E-state index in [4.69, 9.17) is 4.74 Å². The Labute approximate surface area is 149 Å². The van der Waals surface area contributed by atoms with Crippen LogP contribution in [0, 0.1) is 0 Å². The summed E-state index contributed by atoms with van der Waals surface area (Å²) in [5.74, 6) is -0.0376. The minimum atomic E-state index is -0.0653. The van der Waals surface area contributed by atoms with Crippen LogP contribution in [-0.2, 0) is 14.3 Å². The third kappa shape index (κ3) is 7.56. The summed E-state index contributed by atoms with van der Waals surface area (Å²) in [5, 5.41) is 8.85. The number of benzene rings is 1. The summed E-state index contributed by atoms with van der Waals surface area (Å²) in [5.41, 5.74) is 1.55. The molecule has 25 heavy (non-hydrogen) atoms. The van der Waals surface area contributed by atoms with Gasteiger partial charge in [-0.25, -0.2) is 0 Å². The highest BCUT2D eigenvalue weighted by Crippen LogP contribution is 2.15. The van der Waals surface area contributed by atoms with Crippen molar-refractivity contribution in [2.24, 2.45) is 0 Å². The van der Waals surface area contributed by atoms with Crippen molar-refractivity contribution in [2.45, 2.75) is 51.6 Å². The lowest BCUT2D eigenvalue weighted by Crippen LogP contribution is -2.35. The van der Waals surface area contributed by atoms with Gasteiger partial charge in [0.25, 0.3) is 0 Å². The summed E-state index contributed by atoms with van der Waals surface area (Å²) in [6, 6.07) is 7.42. The van der Waals surface area contributed by atoms with Crippen molar-refractivity contribution in [1.82, 2.24) is 5.32 Å². The zero-order chi connectivity index (χ0) is 17.9. The number of anilines is 2. The minimum Gasteiger partial charge on any atom is -0.376 e. The Kier molecular flexibility index (Phi) is 8.25. The predicted molar refractivity (Wildman–Crippen MR) is 99.7 cm³/mol. The maximum Gasteiger partial charge on any atom is 0.239 e. The van der Waals surface area contributed by atoms with Crippen LogP contribution < -0.4 is 16.0 Å². The van der Waals surface area contributed by atoms with Gasteiger partial charge in [0.2, 0.25) is 11.8 Å². The Bertz CT molecular complexity index is 557. The van der Waals surface area contributed by atoms with Gasteiger partial charge in [-0.2, -0.15) is 0 Å². The molecule has 0 spiro atoms. The third-order valence-corrected chi connectivity index (χ3v) is 4.16. The van der Waals surface area contributed by atoms with E-state index < -0.39 is 0 Å². The molecule has 3 N–H and O–H groups in total. The van der Waals surface area contributed by atoms with E-state index in [1.54, 1.807) is 0 Å². The van der Waals surface area contributed by atoms with Crippen LogP contribution >= 0.6 is 0 Å². The first-order chi connectivity index (χ1) is 12.2. The van der Waals surface area contributed by atoms with Gasteiger partial charge in [-0.1, -0.05) is 25.8 Å². The SMILES string of the molecule is CCCCCC(=O)Nc1cccc(NCC(=O)NCC2CCCO2)c1. The van der Waals surface area contributed by atoms with Gasteiger partial charge in [0.15, 0.2) is 0 Å². The van der Waals surface area contributed by atoms with Crippen LogP contribution in [0.25, 0.3) is 0 Å². The average Bonchev–Trinajstić information content (AvgIpc) is 3.12. The summed E-state index contributed by atoms with van der Waals surface area (Å²) in [6.45, 7) is 3.66. The summed E-state index contributed by atoms with van der Waals surface area (Å²) < 4.78 is 5.48. The number of unbranched alkanes of at least 4 members (excludes halogenated alkanes) is 2. The van der Waals surface area contributed by atoms with E-state index in [-0.39, 0.29) is 24.5 Å². The van der Waals surface area contributed by atoms with Crippen LogP contribution in [0.15, 0.2) is 24.3 Å². The number of carbonyl (C=O) groups excluding carboxylic acids is 2. The molecule has 0 radical (unpaired) electrons. The zero-order valence-corrected chi connectivity index (χ0v) is 15.0. The van der Waals surface area contributed by atoms with Gasteiger partial charge in [-0.3, -0.25) is 9.59 Å². The standard InChI is InChI=1S/C19H29N3O3/c1-2-3-4-10-18(23)22-16-8-5-7-15(12-16)20-14-19(24)21-13-17-9-6-11-25-17/h5,7-8,12,17,20H,2-4,6,9-11,13-14H2,1H3,(H,21,24)(H,22,23). The molecule has 2 amide bonds. The van der Waals surface area contributed by atoms with Crippen molar-refractivity contribution in [2.75, 3.05) is 30.3 Å². The molecular formula is C19H29N3O3. The lowest BCUT2D eigenvalue weighted by atomic mass is 10.2. The largest absolute Gasteiger partial charge is 0.376 e. The summed E-state index contributed by atoms with van der Waals surface area (Å²) in [6.07, 6.45) is 5.83. The smallest absolute Gasteiger partial charge is 0.239 e. The molecule has 6 nitrogen and oxygen atoms in total. The molecule has 1 aromatic rings. The topological polar surface area (TPSA) is 79.5 Å². The van der Waals surface area contributed by atoms with Crippen LogP contribution in [-0.4, -0.2) is 37.6 Å². The molecule has 0 bridgehead atoms. The second kappa shape index (κ2) is 10.7. The molecular weight excluding hydrogens is 318 g/mol. The van der Waals surface area contributed by atoms with Gasteiger partial charge in [-0.15, -0.1) is 0 Å². The molecule has 0 aromatic heterocycles. The Morgan fingerprint density at radius 1 is 1.20 bits per heavy atom. The number of amides is 2. The number of hydrogen-bond donors (Lipinski definition) is 3. The second-order valence-electron chi connectivity index (χ2n) is 6.38. The molecule has 1 aromatic carbocycles.